The summed E-state index contributed by atoms with van der Waals surface area (Å²) in [7, 11) is 4.19. The van der Waals surface area contributed by atoms with E-state index < -0.39 is 0 Å². The fourth-order valence-electron chi connectivity index (χ4n) is 2.20. The highest BCUT2D eigenvalue weighted by molar-refractivity contribution is 7.80. The van der Waals surface area contributed by atoms with Crippen LogP contribution in [0.5, 0.6) is 0 Å². The number of hydrogen-bond acceptors (Lipinski definition) is 3. The maximum atomic E-state index is 5.87. The van der Waals surface area contributed by atoms with Crippen LogP contribution in [-0.2, 0) is 0 Å². The monoisotopic (exact) mass is 279 g/mol. The number of para-hydroxylation sites is 1. The normalized spacial score (nSPS) is 10.8. The highest BCUT2D eigenvalue weighted by Gasteiger charge is 2.14. The summed E-state index contributed by atoms with van der Waals surface area (Å²) < 4.78 is 0. The minimum absolute atomic E-state index is 0.477. The summed E-state index contributed by atoms with van der Waals surface area (Å²) in [4.78, 5) is 5.07. The molecule has 4 heteroatoms. The Labute approximate surface area is 122 Å². The molecule has 3 nitrogen and oxygen atoms in total. The standard InChI is InChI=1S/C15H25N3S/c1-5-9-18(11-10-17(3)4)14-12(2)7-6-8-13(14)15(16)19/h6-8H,5,9-11H2,1-4H3,(H2,16,19). The van der Waals surface area contributed by atoms with Crippen molar-refractivity contribution < 1.29 is 0 Å². The molecule has 0 bridgehead atoms. The Hall–Kier alpha value is -1.13. The minimum Gasteiger partial charge on any atom is -0.389 e. The third-order valence-electron chi connectivity index (χ3n) is 3.13. The predicted octanol–water partition coefficient (Wildman–Crippen LogP) is 2.41. The molecule has 0 atom stereocenters. The summed E-state index contributed by atoms with van der Waals surface area (Å²) in [5.74, 6) is 0. The van der Waals surface area contributed by atoms with Gasteiger partial charge in [0.05, 0.1) is 0 Å². The van der Waals surface area contributed by atoms with Gasteiger partial charge >= 0.3 is 0 Å². The summed E-state index contributed by atoms with van der Waals surface area (Å²) in [6.45, 7) is 7.34. The maximum absolute atomic E-state index is 5.87. The SMILES string of the molecule is CCCN(CCN(C)C)c1c(C)cccc1C(N)=S. The number of aryl methyl sites for hydroxylation is 1. The molecule has 1 aromatic carbocycles. The first-order valence-electron chi connectivity index (χ1n) is 6.76. The Morgan fingerprint density at radius 3 is 2.42 bits per heavy atom. The Morgan fingerprint density at radius 1 is 1.21 bits per heavy atom. The number of likely N-dealkylation sites (N-methyl/N-ethyl adjacent to an activating group) is 1. The molecule has 0 saturated heterocycles. The molecule has 0 unspecified atom stereocenters. The van der Waals surface area contributed by atoms with E-state index in [-0.39, 0.29) is 0 Å². The van der Waals surface area contributed by atoms with Crippen molar-refractivity contribution in [2.24, 2.45) is 5.73 Å². The van der Waals surface area contributed by atoms with Gasteiger partial charge in [-0.1, -0.05) is 31.3 Å². The molecule has 106 valence electrons. The highest BCUT2D eigenvalue weighted by atomic mass is 32.1. The Morgan fingerprint density at radius 2 is 1.89 bits per heavy atom. The van der Waals surface area contributed by atoms with E-state index in [9.17, 15) is 0 Å². The largest absolute Gasteiger partial charge is 0.389 e. The number of nitrogens with two attached hydrogens (primary N) is 1. The minimum atomic E-state index is 0.477. The summed E-state index contributed by atoms with van der Waals surface area (Å²) in [5.41, 5.74) is 9.28. The van der Waals surface area contributed by atoms with Gasteiger partial charge in [0, 0.05) is 30.9 Å². The molecule has 0 aliphatic rings. The van der Waals surface area contributed by atoms with Crippen molar-refractivity contribution in [1.82, 2.24) is 4.90 Å². The van der Waals surface area contributed by atoms with Crippen LogP contribution in [-0.4, -0.2) is 43.6 Å². The average molecular weight is 279 g/mol. The fraction of sp³-hybridized carbons (Fsp3) is 0.533. The molecule has 0 spiro atoms. The molecule has 0 heterocycles. The van der Waals surface area contributed by atoms with Crippen LogP contribution in [0, 0.1) is 6.92 Å². The molecule has 0 amide bonds. The second kappa shape index (κ2) is 7.46. The van der Waals surface area contributed by atoms with Crippen LogP contribution < -0.4 is 10.6 Å². The summed E-state index contributed by atoms with van der Waals surface area (Å²) in [6, 6.07) is 6.15. The van der Waals surface area contributed by atoms with E-state index in [4.69, 9.17) is 18.0 Å². The average Bonchev–Trinajstić information content (AvgIpc) is 2.34. The predicted molar refractivity (Wildman–Crippen MR) is 88.1 cm³/mol. The van der Waals surface area contributed by atoms with Crippen LogP contribution in [0.4, 0.5) is 5.69 Å². The molecule has 1 rings (SSSR count). The van der Waals surface area contributed by atoms with E-state index in [1.807, 2.05) is 12.1 Å². The molecule has 0 aromatic heterocycles. The lowest BCUT2D eigenvalue weighted by Gasteiger charge is -2.29. The van der Waals surface area contributed by atoms with Gasteiger partial charge in [-0.3, -0.25) is 0 Å². The number of nitrogens with zero attached hydrogens (tertiary/aromatic N) is 2. The summed E-state index contributed by atoms with van der Waals surface area (Å²) in [6.07, 6.45) is 1.11. The lowest BCUT2D eigenvalue weighted by Crippen LogP contribution is -2.34. The third-order valence-corrected chi connectivity index (χ3v) is 3.35. The molecule has 0 aliphatic carbocycles. The molecular formula is C15H25N3S. The van der Waals surface area contributed by atoms with Crippen LogP contribution in [0.2, 0.25) is 0 Å². The summed E-state index contributed by atoms with van der Waals surface area (Å²) in [5, 5.41) is 0. The molecular weight excluding hydrogens is 254 g/mol. The van der Waals surface area contributed by atoms with Gasteiger partial charge in [-0.05, 0) is 39.1 Å². The molecule has 0 fully saturated rings. The highest BCUT2D eigenvalue weighted by Crippen LogP contribution is 2.25. The zero-order chi connectivity index (χ0) is 14.4. The first-order chi connectivity index (χ1) is 8.97. The van der Waals surface area contributed by atoms with Gasteiger partial charge in [0.2, 0.25) is 0 Å². The van der Waals surface area contributed by atoms with Gasteiger partial charge in [-0.15, -0.1) is 0 Å². The fourth-order valence-corrected chi connectivity index (χ4v) is 2.37. The van der Waals surface area contributed by atoms with E-state index in [0.29, 0.717) is 4.99 Å². The van der Waals surface area contributed by atoms with Gasteiger partial charge in [0.1, 0.15) is 4.99 Å². The van der Waals surface area contributed by atoms with Crippen molar-refractivity contribution >= 4 is 22.9 Å². The van der Waals surface area contributed by atoms with E-state index in [1.54, 1.807) is 0 Å². The van der Waals surface area contributed by atoms with Crippen LogP contribution in [0.1, 0.15) is 24.5 Å². The van der Waals surface area contributed by atoms with Crippen molar-refractivity contribution in [3.63, 3.8) is 0 Å². The number of benzene rings is 1. The van der Waals surface area contributed by atoms with Crippen LogP contribution in [0.3, 0.4) is 0 Å². The third kappa shape index (κ3) is 4.48. The van der Waals surface area contributed by atoms with Crippen molar-refractivity contribution in [3.05, 3.63) is 29.3 Å². The number of hydrogen-bond donors (Lipinski definition) is 1. The maximum Gasteiger partial charge on any atom is 0.106 e. The zero-order valence-electron chi connectivity index (χ0n) is 12.4. The van der Waals surface area contributed by atoms with Gasteiger partial charge in [0.15, 0.2) is 0 Å². The van der Waals surface area contributed by atoms with Crippen LogP contribution in [0.25, 0.3) is 0 Å². The van der Waals surface area contributed by atoms with Crippen LogP contribution >= 0.6 is 12.2 Å². The second-order valence-electron chi connectivity index (χ2n) is 5.13. The van der Waals surface area contributed by atoms with Crippen molar-refractivity contribution in [2.75, 3.05) is 38.6 Å². The summed E-state index contributed by atoms with van der Waals surface area (Å²) >= 11 is 5.19. The van der Waals surface area contributed by atoms with E-state index >= 15 is 0 Å². The van der Waals surface area contributed by atoms with Gasteiger partial charge in [-0.25, -0.2) is 0 Å². The topological polar surface area (TPSA) is 32.5 Å². The van der Waals surface area contributed by atoms with E-state index in [1.165, 1.54) is 11.3 Å². The van der Waals surface area contributed by atoms with Gasteiger partial charge < -0.3 is 15.5 Å². The Bertz CT molecular complexity index is 429. The first-order valence-corrected chi connectivity index (χ1v) is 7.17. The number of thiocarbonyl (C=S) groups is 1. The van der Waals surface area contributed by atoms with Crippen molar-refractivity contribution in [1.29, 1.82) is 0 Å². The van der Waals surface area contributed by atoms with E-state index in [2.05, 4.69) is 43.8 Å². The lowest BCUT2D eigenvalue weighted by atomic mass is 10.1. The second-order valence-corrected chi connectivity index (χ2v) is 5.57. The molecule has 19 heavy (non-hydrogen) atoms. The molecule has 0 radical (unpaired) electrons. The molecule has 2 N–H and O–H groups in total. The Kier molecular flexibility index (Phi) is 6.25. The zero-order valence-corrected chi connectivity index (χ0v) is 13.3. The van der Waals surface area contributed by atoms with Crippen LogP contribution in [0.15, 0.2) is 18.2 Å². The molecule has 0 aliphatic heterocycles. The molecule has 1 aromatic rings. The Balaban J connectivity index is 3.09. The number of anilines is 1. The number of rotatable bonds is 7. The molecule has 0 saturated carbocycles. The lowest BCUT2D eigenvalue weighted by molar-refractivity contribution is 0.413. The van der Waals surface area contributed by atoms with Crippen molar-refractivity contribution in [2.45, 2.75) is 20.3 Å². The van der Waals surface area contributed by atoms with Crippen molar-refractivity contribution in [3.8, 4) is 0 Å². The smallest absolute Gasteiger partial charge is 0.106 e. The quantitative estimate of drug-likeness (QED) is 0.777. The van der Waals surface area contributed by atoms with E-state index in [0.717, 1.165) is 31.6 Å². The van der Waals surface area contributed by atoms with Gasteiger partial charge in [0.25, 0.3) is 0 Å². The first kappa shape index (κ1) is 15.9. The van der Waals surface area contributed by atoms with Gasteiger partial charge in [-0.2, -0.15) is 0 Å².